The molecule has 2 aromatic rings. The van der Waals surface area contributed by atoms with Crippen molar-refractivity contribution >= 4 is 44.0 Å². The van der Waals surface area contributed by atoms with Gasteiger partial charge in [0.2, 0.25) is 0 Å². The normalized spacial score (nSPS) is 15.8. The second-order valence-electron chi connectivity index (χ2n) is 12.1. The molecule has 0 unspecified atom stereocenters. The lowest BCUT2D eigenvalue weighted by molar-refractivity contribution is 0.0137. The number of pyridine rings is 2. The van der Waals surface area contributed by atoms with E-state index in [4.69, 9.17) is 14.6 Å². The lowest BCUT2D eigenvalue weighted by atomic mass is 10.2. The summed E-state index contributed by atoms with van der Waals surface area (Å²) in [6.45, 7) is 18.4. The number of carbonyl (C=O) groups excluding carboxylic acids is 2. The SMILES string of the molecule is CC(C)(C)OC(=O)N1CCN(Cc2ccc(Br)cn2)CC1.CC(C)(C)OC(=O)N1CCNCC1.OCc1ccc(Br)cn1. The predicted octanol–water partition coefficient (Wildman–Crippen LogP) is 5.06. The summed E-state index contributed by atoms with van der Waals surface area (Å²) in [7, 11) is 0. The van der Waals surface area contributed by atoms with Crippen LogP contribution in [0.15, 0.2) is 45.6 Å². The molecule has 2 amide bonds. The Morgan fingerprint density at radius 3 is 1.60 bits per heavy atom. The molecule has 0 saturated carbocycles. The van der Waals surface area contributed by atoms with Gasteiger partial charge in [0.25, 0.3) is 0 Å². The average molecular weight is 731 g/mol. The number of hydrogen-bond acceptors (Lipinski definition) is 9. The van der Waals surface area contributed by atoms with Crippen LogP contribution in [0.5, 0.6) is 0 Å². The molecule has 4 rings (SSSR count). The maximum Gasteiger partial charge on any atom is 0.410 e. The van der Waals surface area contributed by atoms with Crippen molar-refractivity contribution in [2.75, 3.05) is 52.4 Å². The van der Waals surface area contributed by atoms with Gasteiger partial charge in [-0.2, -0.15) is 0 Å². The van der Waals surface area contributed by atoms with Crippen molar-refractivity contribution in [1.29, 1.82) is 0 Å². The molecule has 13 heteroatoms. The van der Waals surface area contributed by atoms with Crippen molar-refractivity contribution < 1.29 is 24.2 Å². The number of hydrogen-bond donors (Lipinski definition) is 2. The molecule has 0 bridgehead atoms. The highest BCUT2D eigenvalue weighted by Crippen LogP contribution is 2.14. The summed E-state index contributed by atoms with van der Waals surface area (Å²) in [6, 6.07) is 7.63. The molecule has 0 radical (unpaired) electrons. The van der Waals surface area contributed by atoms with Crippen LogP contribution >= 0.6 is 31.9 Å². The Morgan fingerprint density at radius 1 is 0.767 bits per heavy atom. The van der Waals surface area contributed by atoms with Gasteiger partial charge in [-0.1, -0.05) is 0 Å². The highest BCUT2D eigenvalue weighted by atomic mass is 79.9. The first-order valence-corrected chi connectivity index (χ1v) is 15.9. The molecule has 0 aliphatic carbocycles. The van der Waals surface area contributed by atoms with Crippen molar-refractivity contribution in [1.82, 2.24) is 30.0 Å². The Labute approximate surface area is 272 Å². The highest BCUT2D eigenvalue weighted by Gasteiger charge is 2.26. The van der Waals surface area contributed by atoms with E-state index in [0.29, 0.717) is 18.8 Å². The molecule has 4 heterocycles. The molecule has 2 N–H and O–H groups in total. The molecule has 11 nitrogen and oxygen atoms in total. The summed E-state index contributed by atoms with van der Waals surface area (Å²) in [5.41, 5.74) is 0.916. The average Bonchev–Trinajstić information content (AvgIpc) is 2.94. The van der Waals surface area contributed by atoms with E-state index in [1.165, 1.54) is 0 Å². The smallest absolute Gasteiger partial charge is 0.410 e. The Kier molecular flexibility index (Phi) is 15.3. The van der Waals surface area contributed by atoms with E-state index < -0.39 is 5.60 Å². The lowest BCUT2D eigenvalue weighted by Crippen LogP contribution is -2.49. The van der Waals surface area contributed by atoms with Gasteiger partial charge in [0.15, 0.2) is 0 Å². The number of rotatable bonds is 3. The highest BCUT2D eigenvalue weighted by molar-refractivity contribution is 9.10. The number of nitrogens with zero attached hydrogens (tertiary/aromatic N) is 5. The van der Waals surface area contributed by atoms with Gasteiger partial charge < -0.3 is 29.7 Å². The molecule has 0 spiro atoms. The van der Waals surface area contributed by atoms with Crippen molar-refractivity contribution in [3.05, 3.63) is 57.0 Å². The minimum Gasteiger partial charge on any atom is -0.444 e. The number of piperazine rings is 2. The van der Waals surface area contributed by atoms with Gasteiger partial charge in [0.05, 0.1) is 18.0 Å². The van der Waals surface area contributed by atoms with Crippen LogP contribution in [0, 0.1) is 0 Å². The third-order valence-corrected chi connectivity index (χ3v) is 6.86. The minimum atomic E-state index is -0.435. The second-order valence-corrected chi connectivity index (χ2v) is 13.9. The van der Waals surface area contributed by atoms with Crippen LogP contribution in [-0.2, 0) is 22.6 Å². The lowest BCUT2D eigenvalue weighted by Gasteiger charge is -2.35. The van der Waals surface area contributed by atoms with Crippen molar-refractivity contribution in [2.24, 2.45) is 0 Å². The number of aliphatic hydroxyl groups is 1. The van der Waals surface area contributed by atoms with Crippen LogP contribution in [0.2, 0.25) is 0 Å². The summed E-state index contributed by atoms with van der Waals surface area (Å²) in [5.74, 6) is 0. The van der Waals surface area contributed by atoms with E-state index in [1.54, 1.807) is 22.1 Å². The van der Waals surface area contributed by atoms with Gasteiger partial charge in [-0.3, -0.25) is 14.9 Å². The fourth-order valence-corrected chi connectivity index (χ4v) is 4.29. The fourth-order valence-electron chi connectivity index (χ4n) is 3.82. The van der Waals surface area contributed by atoms with Crippen molar-refractivity contribution in [3.8, 4) is 0 Å². The third kappa shape index (κ3) is 15.8. The number of ether oxygens (including phenoxy) is 2. The first-order valence-electron chi connectivity index (χ1n) is 14.4. The topological polar surface area (TPSA) is 120 Å². The Morgan fingerprint density at radius 2 is 1.21 bits per heavy atom. The molecular weight excluding hydrogens is 684 g/mol. The van der Waals surface area contributed by atoms with Crippen LogP contribution < -0.4 is 5.32 Å². The molecular formula is C30H46Br2N6O5. The van der Waals surface area contributed by atoms with Crippen LogP contribution in [0.1, 0.15) is 52.9 Å². The molecule has 43 heavy (non-hydrogen) atoms. The molecule has 0 aromatic carbocycles. The molecule has 240 valence electrons. The minimum absolute atomic E-state index is 0.00722. The summed E-state index contributed by atoms with van der Waals surface area (Å²) in [4.78, 5) is 37.6. The van der Waals surface area contributed by atoms with E-state index in [2.05, 4.69) is 52.0 Å². The monoisotopic (exact) mass is 728 g/mol. The van der Waals surface area contributed by atoms with E-state index in [1.807, 2.05) is 65.9 Å². The van der Waals surface area contributed by atoms with Crippen LogP contribution in [-0.4, -0.2) is 106 Å². The summed E-state index contributed by atoms with van der Waals surface area (Å²) >= 11 is 6.61. The van der Waals surface area contributed by atoms with E-state index >= 15 is 0 Å². The van der Waals surface area contributed by atoms with Gasteiger partial charge in [-0.15, -0.1) is 0 Å². The quantitative estimate of drug-likeness (QED) is 0.447. The molecule has 2 fully saturated rings. The van der Waals surface area contributed by atoms with Gasteiger partial charge in [-0.05, 0) is 97.7 Å². The van der Waals surface area contributed by atoms with Crippen LogP contribution in [0.25, 0.3) is 0 Å². The van der Waals surface area contributed by atoms with Crippen molar-refractivity contribution in [3.63, 3.8) is 0 Å². The van der Waals surface area contributed by atoms with Crippen LogP contribution in [0.4, 0.5) is 9.59 Å². The zero-order chi connectivity index (χ0) is 32.0. The maximum atomic E-state index is 12.0. The predicted molar refractivity (Wildman–Crippen MR) is 174 cm³/mol. The van der Waals surface area contributed by atoms with Gasteiger partial charge in [0.1, 0.15) is 11.2 Å². The third-order valence-electron chi connectivity index (χ3n) is 5.92. The van der Waals surface area contributed by atoms with Crippen LogP contribution in [0.3, 0.4) is 0 Å². The number of nitrogens with one attached hydrogen (secondary N) is 1. The Bertz CT molecular complexity index is 1110. The summed E-state index contributed by atoms with van der Waals surface area (Å²) in [5, 5.41) is 11.7. The van der Waals surface area contributed by atoms with E-state index in [0.717, 1.165) is 60.5 Å². The number of aliphatic hydroxyl groups excluding tert-OH is 1. The number of aromatic nitrogens is 2. The maximum absolute atomic E-state index is 12.0. The Hall–Kier alpha value is -2.32. The molecule has 2 aliphatic heterocycles. The number of amides is 2. The number of halogens is 2. The van der Waals surface area contributed by atoms with Gasteiger partial charge in [0, 0.05) is 80.2 Å². The standard InChI is InChI=1S/C15H22BrN3O2.C9H18N2O2.C6H6BrNO/c1-15(2,3)21-14(20)19-8-6-18(7-9-19)11-13-5-4-12(16)10-17-13;1-9(2,3)13-8(12)11-6-4-10-5-7-11;7-5-1-2-6(4-9)8-3-5/h4-5,10H,6-9,11H2,1-3H3;10H,4-7H2,1-3H3;1-3,9H,4H2. The van der Waals surface area contributed by atoms with E-state index in [9.17, 15) is 9.59 Å². The molecule has 2 saturated heterocycles. The molecule has 0 atom stereocenters. The van der Waals surface area contributed by atoms with Gasteiger partial charge in [-0.25, -0.2) is 9.59 Å². The summed E-state index contributed by atoms with van der Waals surface area (Å²) in [6.07, 6.45) is 3.05. The molecule has 2 aromatic heterocycles. The largest absolute Gasteiger partial charge is 0.444 e. The Balaban J connectivity index is 0.000000249. The zero-order valence-electron chi connectivity index (χ0n) is 26.1. The number of carbonyl (C=O) groups is 2. The summed E-state index contributed by atoms with van der Waals surface area (Å²) < 4.78 is 12.5. The van der Waals surface area contributed by atoms with E-state index in [-0.39, 0.29) is 24.4 Å². The van der Waals surface area contributed by atoms with Crippen molar-refractivity contribution in [2.45, 2.75) is 65.9 Å². The first kappa shape index (κ1) is 36.9. The first-order chi connectivity index (χ1) is 20.1. The molecule has 2 aliphatic rings. The second kappa shape index (κ2) is 17.8. The zero-order valence-corrected chi connectivity index (χ0v) is 29.3. The fraction of sp³-hybridized carbons (Fsp3) is 0.600. The van der Waals surface area contributed by atoms with Gasteiger partial charge >= 0.3 is 12.2 Å².